The van der Waals surface area contributed by atoms with Gasteiger partial charge in [0, 0.05) is 0 Å². The van der Waals surface area contributed by atoms with Crippen LogP contribution in [-0.2, 0) is 10.9 Å². The van der Waals surface area contributed by atoms with Crippen molar-refractivity contribution in [3.8, 4) is 5.75 Å². The van der Waals surface area contributed by atoms with Crippen LogP contribution in [0.5, 0.6) is 5.75 Å². The van der Waals surface area contributed by atoms with Crippen LogP contribution in [0.3, 0.4) is 0 Å². The molecule has 1 aliphatic heterocycles. The Bertz CT molecular complexity index is 408. The predicted octanol–water partition coefficient (Wildman–Crippen LogP) is 2.09. The molecule has 1 aromatic carbocycles. The summed E-state index contributed by atoms with van der Waals surface area (Å²) in [6.45, 7) is 0.452. The highest BCUT2D eigenvalue weighted by Crippen LogP contribution is 2.37. The van der Waals surface area contributed by atoms with Crippen LogP contribution < -0.4 is 4.74 Å². The van der Waals surface area contributed by atoms with Crippen molar-refractivity contribution in [2.75, 3.05) is 26.4 Å². The molecule has 0 aromatic heterocycles. The summed E-state index contributed by atoms with van der Waals surface area (Å²) in [5.74, 6) is -0.218. The second-order valence-electron chi connectivity index (χ2n) is 4.43. The van der Waals surface area contributed by atoms with E-state index < -0.39 is 17.2 Å². The van der Waals surface area contributed by atoms with Crippen molar-refractivity contribution < 1.29 is 27.8 Å². The molecule has 1 aromatic rings. The minimum atomic E-state index is -4.45. The highest BCUT2D eigenvalue weighted by atomic mass is 19.4. The second-order valence-corrected chi connectivity index (χ2v) is 4.43. The zero-order valence-electron chi connectivity index (χ0n) is 9.54. The van der Waals surface area contributed by atoms with Gasteiger partial charge < -0.3 is 14.6 Å². The highest BCUT2D eigenvalue weighted by Gasteiger charge is 2.40. The van der Waals surface area contributed by atoms with Gasteiger partial charge in [0.1, 0.15) is 12.4 Å². The Morgan fingerprint density at radius 1 is 1.28 bits per heavy atom. The first-order valence-electron chi connectivity index (χ1n) is 5.44. The van der Waals surface area contributed by atoms with Crippen LogP contribution in [0.2, 0.25) is 0 Å². The van der Waals surface area contributed by atoms with Gasteiger partial charge in [-0.15, -0.1) is 0 Å². The number of aliphatic hydroxyl groups excluding tert-OH is 1. The van der Waals surface area contributed by atoms with Gasteiger partial charge in [-0.2, -0.15) is 13.2 Å². The van der Waals surface area contributed by atoms with E-state index in [1.54, 1.807) is 0 Å². The average Bonchev–Trinajstić information content (AvgIpc) is 2.27. The molecular weight excluding hydrogens is 249 g/mol. The fourth-order valence-electron chi connectivity index (χ4n) is 1.67. The predicted molar refractivity (Wildman–Crippen MR) is 57.3 cm³/mol. The molecule has 100 valence electrons. The molecule has 3 nitrogen and oxygen atoms in total. The van der Waals surface area contributed by atoms with Gasteiger partial charge in [-0.3, -0.25) is 0 Å². The molecule has 2 rings (SSSR count). The van der Waals surface area contributed by atoms with E-state index >= 15 is 0 Å². The molecule has 0 radical (unpaired) electrons. The normalized spacial score (nSPS) is 18.2. The molecule has 1 N–H and O–H groups in total. The number of rotatable bonds is 4. The first kappa shape index (κ1) is 13.2. The largest absolute Gasteiger partial charge is 0.492 e. The van der Waals surface area contributed by atoms with E-state index in [1.165, 1.54) is 18.2 Å². The lowest BCUT2D eigenvalue weighted by Crippen LogP contribution is -2.50. The molecule has 18 heavy (non-hydrogen) atoms. The average molecular weight is 262 g/mol. The Hall–Kier alpha value is -1.27. The third-order valence-corrected chi connectivity index (χ3v) is 2.88. The summed E-state index contributed by atoms with van der Waals surface area (Å²) in [7, 11) is 0. The molecule has 6 heteroatoms. The van der Waals surface area contributed by atoms with Crippen LogP contribution in [0, 0.1) is 5.41 Å². The summed E-state index contributed by atoms with van der Waals surface area (Å²) < 4.78 is 48.2. The molecular formula is C12H13F3O3. The quantitative estimate of drug-likeness (QED) is 0.903. The van der Waals surface area contributed by atoms with Crippen molar-refractivity contribution in [1.29, 1.82) is 0 Å². The van der Waals surface area contributed by atoms with Crippen molar-refractivity contribution in [2.24, 2.45) is 5.41 Å². The molecule has 0 spiro atoms. The summed E-state index contributed by atoms with van der Waals surface area (Å²) in [5, 5.41) is 9.16. The number of halogens is 3. The van der Waals surface area contributed by atoms with Gasteiger partial charge >= 0.3 is 6.18 Å². The maximum absolute atomic E-state index is 12.7. The van der Waals surface area contributed by atoms with E-state index in [2.05, 4.69) is 0 Å². The molecule has 0 unspecified atom stereocenters. The lowest BCUT2D eigenvalue weighted by molar-refractivity contribution is -0.156. The van der Waals surface area contributed by atoms with Gasteiger partial charge in [-0.25, -0.2) is 0 Å². The van der Waals surface area contributed by atoms with Crippen molar-refractivity contribution >= 4 is 0 Å². The number of para-hydroxylation sites is 1. The fourth-order valence-corrected chi connectivity index (χ4v) is 1.67. The number of hydrogen-bond donors (Lipinski definition) is 1. The Morgan fingerprint density at radius 2 is 1.94 bits per heavy atom. The number of ether oxygens (including phenoxy) is 2. The van der Waals surface area contributed by atoms with E-state index in [0.717, 1.165) is 6.07 Å². The van der Waals surface area contributed by atoms with E-state index in [1.807, 2.05) is 0 Å². The van der Waals surface area contributed by atoms with Crippen LogP contribution in [0.1, 0.15) is 5.56 Å². The maximum Gasteiger partial charge on any atom is 0.419 e. The topological polar surface area (TPSA) is 38.7 Å². The molecule has 0 amide bonds. The van der Waals surface area contributed by atoms with Crippen molar-refractivity contribution in [1.82, 2.24) is 0 Å². The van der Waals surface area contributed by atoms with E-state index in [0.29, 0.717) is 13.2 Å². The standard InChI is InChI=1S/C12H13F3O3/c13-12(14,15)9-3-1-2-4-10(9)18-8-11(5-16)6-17-7-11/h1-4,16H,5-8H2. The minimum absolute atomic E-state index is 0.0105. The molecule has 0 bridgehead atoms. The molecule has 1 saturated heterocycles. The smallest absolute Gasteiger partial charge is 0.419 e. The minimum Gasteiger partial charge on any atom is -0.492 e. The van der Waals surface area contributed by atoms with Crippen molar-refractivity contribution in [3.63, 3.8) is 0 Å². The summed E-state index contributed by atoms with van der Waals surface area (Å²) in [6, 6.07) is 5.03. The van der Waals surface area contributed by atoms with E-state index in [-0.39, 0.29) is 19.0 Å². The Labute approximate surface area is 102 Å². The van der Waals surface area contributed by atoms with Gasteiger partial charge in [0.25, 0.3) is 0 Å². The van der Waals surface area contributed by atoms with E-state index in [9.17, 15) is 13.2 Å². The fraction of sp³-hybridized carbons (Fsp3) is 0.500. The first-order valence-corrected chi connectivity index (χ1v) is 5.44. The monoisotopic (exact) mass is 262 g/mol. The first-order chi connectivity index (χ1) is 8.47. The zero-order chi connectivity index (χ0) is 13.2. The van der Waals surface area contributed by atoms with Gasteiger partial charge in [0.15, 0.2) is 0 Å². The second kappa shape index (κ2) is 4.78. The van der Waals surface area contributed by atoms with E-state index in [4.69, 9.17) is 14.6 Å². The van der Waals surface area contributed by atoms with Crippen molar-refractivity contribution in [3.05, 3.63) is 29.8 Å². The number of aliphatic hydroxyl groups is 1. The number of alkyl halides is 3. The lowest BCUT2D eigenvalue weighted by Gasteiger charge is -2.39. The number of hydrogen-bond acceptors (Lipinski definition) is 3. The lowest BCUT2D eigenvalue weighted by atomic mass is 9.88. The Kier molecular flexibility index (Phi) is 3.49. The van der Waals surface area contributed by atoms with Crippen molar-refractivity contribution in [2.45, 2.75) is 6.18 Å². The van der Waals surface area contributed by atoms with Crippen LogP contribution in [0.15, 0.2) is 24.3 Å². The SMILES string of the molecule is OCC1(COc2ccccc2C(F)(F)F)COC1. The molecule has 1 fully saturated rings. The maximum atomic E-state index is 12.7. The highest BCUT2D eigenvalue weighted by molar-refractivity contribution is 5.35. The van der Waals surface area contributed by atoms with Gasteiger partial charge in [-0.05, 0) is 12.1 Å². The van der Waals surface area contributed by atoms with Gasteiger partial charge in [-0.1, -0.05) is 12.1 Å². The van der Waals surface area contributed by atoms with Crippen LogP contribution in [0.25, 0.3) is 0 Å². The summed E-state index contributed by atoms with van der Waals surface area (Å²) in [4.78, 5) is 0. The third kappa shape index (κ3) is 2.59. The third-order valence-electron chi connectivity index (χ3n) is 2.88. The molecule has 0 saturated carbocycles. The zero-order valence-corrected chi connectivity index (χ0v) is 9.54. The van der Waals surface area contributed by atoms with Gasteiger partial charge in [0.05, 0.1) is 30.8 Å². The summed E-state index contributed by atoms with van der Waals surface area (Å²) in [6.07, 6.45) is -4.45. The van der Waals surface area contributed by atoms with Crippen LogP contribution >= 0.6 is 0 Å². The molecule has 0 aliphatic carbocycles. The Balaban J connectivity index is 2.10. The summed E-state index contributed by atoms with van der Waals surface area (Å²) >= 11 is 0. The summed E-state index contributed by atoms with van der Waals surface area (Å²) in [5.41, 5.74) is -1.38. The van der Waals surface area contributed by atoms with Crippen LogP contribution in [0.4, 0.5) is 13.2 Å². The Morgan fingerprint density at radius 3 is 2.44 bits per heavy atom. The molecule has 0 atom stereocenters. The molecule has 1 aliphatic rings. The molecule has 1 heterocycles. The van der Waals surface area contributed by atoms with Gasteiger partial charge in [0.2, 0.25) is 0 Å². The van der Waals surface area contributed by atoms with Crippen LogP contribution in [-0.4, -0.2) is 31.5 Å². The number of benzene rings is 1.